The molecule has 0 atom stereocenters. The summed E-state index contributed by atoms with van der Waals surface area (Å²) in [6.45, 7) is -1.38. The molecule has 2 rings (SSSR count). The molecule has 1 amide bonds. The van der Waals surface area contributed by atoms with Gasteiger partial charge in [0, 0.05) is 13.1 Å². The van der Waals surface area contributed by atoms with Gasteiger partial charge in [0.15, 0.2) is 9.84 Å². The van der Waals surface area contributed by atoms with Gasteiger partial charge in [0.05, 0.1) is 11.5 Å². The molecule has 1 aliphatic heterocycles. The molecule has 13 heteroatoms. The first-order chi connectivity index (χ1) is 12.2. The molecule has 1 fully saturated rings. The molecule has 5 nitrogen and oxygen atoms in total. The van der Waals surface area contributed by atoms with E-state index in [1.54, 1.807) is 0 Å². The Balaban J connectivity index is 2.05. The molecule has 0 bridgehead atoms. The molecule has 1 saturated heterocycles. The number of nitrogens with zero attached hydrogens (tertiary/aromatic N) is 1. The van der Waals surface area contributed by atoms with Crippen LogP contribution in [-0.4, -0.2) is 55.6 Å². The summed E-state index contributed by atoms with van der Waals surface area (Å²) < 4.78 is 119. The third kappa shape index (κ3) is 4.06. The van der Waals surface area contributed by atoms with E-state index in [4.69, 9.17) is 4.42 Å². The van der Waals surface area contributed by atoms with E-state index in [0.717, 1.165) is 0 Å². The van der Waals surface area contributed by atoms with E-state index in [1.807, 2.05) is 0 Å². The van der Waals surface area contributed by atoms with Crippen LogP contribution in [-0.2, 0) is 20.4 Å². The van der Waals surface area contributed by atoms with E-state index >= 15 is 0 Å². The Morgan fingerprint density at radius 3 is 2.11 bits per heavy atom. The SMILES string of the molecule is O=C(N1CCC(S(=O)(=O)Cc2ccco2)CC1)C(F)(F)C(F)(F)C(F)(F)F. The van der Waals surface area contributed by atoms with E-state index < -0.39 is 57.9 Å². The summed E-state index contributed by atoms with van der Waals surface area (Å²) in [5.41, 5.74) is 0. The number of likely N-dealkylation sites (tertiary alicyclic amines) is 1. The first-order valence-electron chi connectivity index (χ1n) is 7.56. The minimum Gasteiger partial charge on any atom is -0.468 e. The van der Waals surface area contributed by atoms with E-state index in [-0.39, 0.29) is 23.5 Å². The standard InChI is InChI=1S/C14H14F7NO4S/c15-12(16,13(17,18)14(19,20)21)11(23)22-5-3-10(4-6-22)27(24,25)8-9-2-1-7-26-9/h1-2,7,10H,3-6,8H2. The number of furan rings is 1. The van der Waals surface area contributed by atoms with Crippen LogP contribution < -0.4 is 0 Å². The highest BCUT2D eigenvalue weighted by Gasteiger charge is 2.76. The summed E-state index contributed by atoms with van der Waals surface area (Å²) in [5, 5.41) is -1.07. The fourth-order valence-corrected chi connectivity index (χ4v) is 4.37. The van der Waals surface area contributed by atoms with Gasteiger partial charge < -0.3 is 9.32 Å². The van der Waals surface area contributed by atoms with Crippen molar-refractivity contribution in [2.75, 3.05) is 13.1 Å². The van der Waals surface area contributed by atoms with E-state index in [0.29, 0.717) is 0 Å². The number of sulfone groups is 1. The molecular formula is C14H14F7NO4S. The monoisotopic (exact) mass is 425 g/mol. The van der Waals surface area contributed by atoms with Gasteiger partial charge in [-0.1, -0.05) is 0 Å². The van der Waals surface area contributed by atoms with Crippen molar-refractivity contribution >= 4 is 15.7 Å². The number of halogens is 7. The highest BCUT2D eigenvalue weighted by Crippen LogP contribution is 2.47. The normalized spacial score (nSPS) is 18.0. The number of rotatable bonds is 5. The van der Waals surface area contributed by atoms with Gasteiger partial charge in [0.1, 0.15) is 11.5 Å². The Hall–Kier alpha value is -1.79. The molecule has 2 heterocycles. The Bertz CT molecular complexity index is 766. The number of alkyl halides is 7. The van der Waals surface area contributed by atoms with Gasteiger partial charge >= 0.3 is 18.0 Å². The molecule has 27 heavy (non-hydrogen) atoms. The number of amides is 1. The van der Waals surface area contributed by atoms with E-state index in [2.05, 4.69) is 0 Å². The second-order valence-electron chi connectivity index (χ2n) is 6.02. The van der Waals surface area contributed by atoms with Crippen molar-refractivity contribution in [3.8, 4) is 0 Å². The summed E-state index contributed by atoms with van der Waals surface area (Å²) in [4.78, 5) is 11.7. The maximum absolute atomic E-state index is 13.5. The number of hydrogen-bond donors (Lipinski definition) is 0. The third-order valence-electron chi connectivity index (χ3n) is 4.18. The lowest BCUT2D eigenvalue weighted by Crippen LogP contribution is -2.61. The Morgan fingerprint density at radius 2 is 1.67 bits per heavy atom. The van der Waals surface area contributed by atoms with Crippen LogP contribution in [0.15, 0.2) is 22.8 Å². The van der Waals surface area contributed by atoms with Gasteiger partial charge in [0.25, 0.3) is 5.91 Å². The molecule has 1 aromatic heterocycles. The molecule has 0 saturated carbocycles. The minimum atomic E-state index is -6.61. The van der Waals surface area contributed by atoms with Crippen LogP contribution in [0.1, 0.15) is 18.6 Å². The molecule has 154 valence electrons. The van der Waals surface area contributed by atoms with Crippen molar-refractivity contribution in [2.45, 2.75) is 41.9 Å². The topological polar surface area (TPSA) is 67.6 Å². The first kappa shape index (κ1) is 21.5. The molecule has 0 N–H and O–H groups in total. The number of hydrogen-bond acceptors (Lipinski definition) is 4. The van der Waals surface area contributed by atoms with Crippen LogP contribution in [0.4, 0.5) is 30.7 Å². The van der Waals surface area contributed by atoms with Crippen molar-refractivity contribution < 1.29 is 48.4 Å². The molecule has 0 aliphatic carbocycles. The lowest BCUT2D eigenvalue weighted by Gasteiger charge is -2.35. The molecular weight excluding hydrogens is 411 g/mol. The second-order valence-corrected chi connectivity index (χ2v) is 8.31. The fourth-order valence-electron chi connectivity index (χ4n) is 2.64. The highest BCUT2D eigenvalue weighted by molar-refractivity contribution is 7.91. The Kier molecular flexibility index (Phi) is 5.56. The van der Waals surface area contributed by atoms with Crippen molar-refractivity contribution in [1.29, 1.82) is 0 Å². The first-order valence-corrected chi connectivity index (χ1v) is 9.27. The summed E-state index contributed by atoms with van der Waals surface area (Å²) in [6, 6.07) is 2.85. The highest BCUT2D eigenvalue weighted by atomic mass is 32.2. The van der Waals surface area contributed by atoms with Crippen molar-refractivity contribution in [3.05, 3.63) is 24.2 Å². The van der Waals surface area contributed by atoms with Crippen LogP contribution in [0.3, 0.4) is 0 Å². The summed E-state index contributed by atoms with van der Waals surface area (Å²) in [7, 11) is -3.79. The largest absolute Gasteiger partial charge is 0.468 e. The lowest BCUT2D eigenvalue weighted by atomic mass is 10.1. The molecule has 0 spiro atoms. The van der Waals surface area contributed by atoms with Crippen LogP contribution in [0.5, 0.6) is 0 Å². The summed E-state index contributed by atoms with van der Waals surface area (Å²) >= 11 is 0. The molecule has 0 aromatic carbocycles. The lowest BCUT2D eigenvalue weighted by molar-refractivity contribution is -0.346. The predicted molar refractivity (Wildman–Crippen MR) is 76.9 cm³/mol. The second kappa shape index (κ2) is 6.99. The van der Waals surface area contributed by atoms with Crippen molar-refractivity contribution in [3.63, 3.8) is 0 Å². The van der Waals surface area contributed by atoms with Crippen LogP contribution >= 0.6 is 0 Å². The third-order valence-corrected chi connectivity index (χ3v) is 6.35. The van der Waals surface area contributed by atoms with Gasteiger partial charge in [-0.15, -0.1) is 0 Å². The summed E-state index contributed by atoms with van der Waals surface area (Å²) in [6.07, 6.45) is -6.11. The quantitative estimate of drug-likeness (QED) is 0.681. The maximum Gasteiger partial charge on any atom is 0.460 e. The van der Waals surface area contributed by atoms with Gasteiger partial charge in [-0.2, -0.15) is 30.7 Å². The average Bonchev–Trinajstić information content (AvgIpc) is 3.05. The molecule has 0 unspecified atom stereocenters. The van der Waals surface area contributed by atoms with Crippen molar-refractivity contribution in [2.24, 2.45) is 0 Å². The van der Waals surface area contributed by atoms with Crippen LogP contribution in [0.2, 0.25) is 0 Å². The minimum absolute atomic E-state index is 0.124. The van der Waals surface area contributed by atoms with Crippen molar-refractivity contribution in [1.82, 2.24) is 4.90 Å². The van der Waals surface area contributed by atoms with Gasteiger partial charge in [0.2, 0.25) is 0 Å². The zero-order valence-electron chi connectivity index (χ0n) is 13.5. The van der Waals surface area contributed by atoms with Gasteiger partial charge in [-0.3, -0.25) is 4.79 Å². The number of carbonyl (C=O) groups is 1. The van der Waals surface area contributed by atoms with Crippen LogP contribution in [0.25, 0.3) is 0 Å². The maximum atomic E-state index is 13.5. The fraction of sp³-hybridized carbons (Fsp3) is 0.643. The van der Waals surface area contributed by atoms with Gasteiger partial charge in [-0.25, -0.2) is 8.42 Å². The predicted octanol–water partition coefficient (Wildman–Crippen LogP) is 3.02. The molecule has 1 aromatic rings. The van der Waals surface area contributed by atoms with Gasteiger partial charge in [-0.05, 0) is 25.0 Å². The summed E-state index contributed by atoms with van der Waals surface area (Å²) in [5.74, 6) is -15.6. The Labute approximate surface area is 149 Å². The average molecular weight is 425 g/mol. The Morgan fingerprint density at radius 1 is 1.11 bits per heavy atom. The van der Waals surface area contributed by atoms with E-state index in [1.165, 1.54) is 18.4 Å². The number of carbonyl (C=O) groups excluding carboxylic acids is 1. The molecule has 1 aliphatic rings. The van der Waals surface area contributed by atoms with E-state index in [9.17, 15) is 43.9 Å². The van der Waals surface area contributed by atoms with Crippen LogP contribution in [0, 0.1) is 0 Å². The zero-order chi connectivity index (χ0) is 20.7. The smallest absolute Gasteiger partial charge is 0.460 e. The zero-order valence-corrected chi connectivity index (χ0v) is 14.3. The number of piperidine rings is 1. The molecule has 0 radical (unpaired) electrons.